The van der Waals surface area contributed by atoms with E-state index >= 15 is 0 Å². The van der Waals surface area contributed by atoms with Crippen molar-refractivity contribution in [1.82, 2.24) is 63.1 Å². The summed E-state index contributed by atoms with van der Waals surface area (Å²) in [5.41, 5.74) is 12.2. The van der Waals surface area contributed by atoms with Gasteiger partial charge in [-0.05, 0) is 96.1 Å². The average Bonchev–Trinajstić information content (AvgIpc) is 4.15. The molecule has 3 aliphatic rings. The van der Waals surface area contributed by atoms with Crippen LogP contribution in [0.2, 0.25) is 0 Å². The van der Waals surface area contributed by atoms with Crippen molar-refractivity contribution in [2.75, 3.05) is 31.3 Å². The number of carbonyl (C=O) groups is 12. The number of likely N-dealkylation sites (tertiary alicyclic amines) is 1. The van der Waals surface area contributed by atoms with E-state index in [1.807, 2.05) is 17.8 Å². The monoisotopic (exact) mass is 1170 g/mol. The van der Waals surface area contributed by atoms with Crippen LogP contribution < -0.4 is 64.6 Å². The van der Waals surface area contributed by atoms with Crippen LogP contribution in [0.1, 0.15) is 109 Å². The van der Waals surface area contributed by atoms with E-state index in [0.717, 1.165) is 29.5 Å². The number of halogens is 1. The molecule has 0 bridgehead atoms. The number of hydrogen-bond donors (Lipinski definition) is 14. The summed E-state index contributed by atoms with van der Waals surface area (Å²) < 4.78 is 0. The number of aromatic nitrogens is 1. The Bertz CT molecular complexity index is 2590. The number of aromatic amines is 1. The maximum absolute atomic E-state index is 14.5. The lowest BCUT2D eigenvalue weighted by molar-refractivity contribution is -0.146. The lowest BCUT2D eigenvalue weighted by atomic mass is 9.97. The van der Waals surface area contributed by atoms with E-state index in [1.165, 1.54) is 18.7 Å². The van der Waals surface area contributed by atoms with Crippen LogP contribution in [-0.4, -0.2) is 177 Å². The van der Waals surface area contributed by atoms with Crippen molar-refractivity contribution in [1.29, 1.82) is 0 Å². The van der Waals surface area contributed by atoms with Crippen LogP contribution in [0.15, 0.2) is 30.5 Å². The predicted molar refractivity (Wildman–Crippen MR) is 299 cm³/mol. The molecule has 0 saturated carbocycles. The summed E-state index contributed by atoms with van der Waals surface area (Å²) in [5, 5.41) is 37.0. The first-order valence-corrected chi connectivity index (χ1v) is 29.0. The molecule has 3 saturated heterocycles. The number of amides is 13. The molecule has 16 N–H and O–H groups in total. The fourth-order valence-corrected chi connectivity index (χ4v) is 11.5. The maximum Gasteiger partial charge on any atom is 0.315 e. The Balaban J connectivity index is 1.17. The number of unbranched alkanes of at least 4 members (excludes halogenated alkanes) is 2. The first-order chi connectivity index (χ1) is 38.6. The lowest BCUT2D eigenvalue weighted by Gasteiger charge is -2.37. The Labute approximate surface area is 477 Å². The Morgan fingerprint density at radius 1 is 0.728 bits per heavy atom. The summed E-state index contributed by atoms with van der Waals surface area (Å²) in [6, 6.07) is -2.40. The molecule has 1 unspecified atom stereocenters. The molecule has 4 heterocycles. The van der Waals surface area contributed by atoms with Crippen LogP contribution in [0.5, 0.6) is 0 Å². The molecular weight excluding hydrogens is 1100 g/mol. The van der Waals surface area contributed by atoms with Crippen molar-refractivity contribution in [3.05, 3.63) is 36.0 Å². The van der Waals surface area contributed by atoms with Gasteiger partial charge < -0.3 is 79.6 Å². The molecule has 13 amide bonds. The van der Waals surface area contributed by atoms with Crippen molar-refractivity contribution in [3.63, 3.8) is 0 Å². The molecule has 5 rings (SSSR count). The number of carbonyl (C=O) groups excluding carboxylic acids is 11. The number of carboxylic acid groups (broad SMARTS) is 1. The lowest BCUT2D eigenvalue weighted by Crippen LogP contribution is -2.61. The fraction of sp³-hybridized carbons (Fsp3) is 0.615. The number of rotatable bonds is 33. The molecule has 81 heavy (non-hydrogen) atoms. The summed E-state index contributed by atoms with van der Waals surface area (Å²) >= 11 is 7.51. The van der Waals surface area contributed by atoms with Gasteiger partial charge in [-0.25, -0.2) is 9.59 Å². The van der Waals surface area contributed by atoms with Crippen LogP contribution in [-0.2, 0) is 54.4 Å². The molecule has 27 nitrogen and oxygen atoms in total. The second-order valence-electron chi connectivity index (χ2n) is 20.5. The Morgan fingerprint density at radius 2 is 1.41 bits per heavy atom. The maximum atomic E-state index is 14.5. The Morgan fingerprint density at radius 3 is 2.12 bits per heavy atom. The number of hydrogen-bond acceptors (Lipinski definition) is 13. The van der Waals surface area contributed by atoms with Gasteiger partial charge in [-0.1, -0.05) is 24.6 Å². The molecule has 3 aliphatic heterocycles. The fourth-order valence-electron chi connectivity index (χ4n) is 9.91. The van der Waals surface area contributed by atoms with Crippen molar-refractivity contribution < 1.29 is 62.6 Å². The molecule has 0 aliphatic carbocycles. The number of primary amides is 2. The third-order valence-electron chi connectivity index (χ3n) is 14.3. The first-order valence-electron chi connectivity index (χ1n) is 27.4. The zero-order valence-corrected chi connectivity index (χ0v) is 47.1. The van der Waals surface area contributed by atoms with Gasteiger partial charge in [-0.3, -0.25) is 47.9 Å². The number of carboxylic acids is 1. The number of nitrogens with zero attached hydrogens (tertiary/aromatic N) is 1. The van der Waals surface area contributed by atoms with Crippen molar-refractivity contribution in [2.24, 2.45) is 11.5 Å². The van der Waals surface area contributed by atoms with Gasteiger partial charge in [-0.15, -0.1) is 11.6 Å². The zero-order chi connectivity index (χ0) is 59.2. The van der Waals surface area contributed by atoms with Crippen molar-refractivity contribution >= 4 is 105 Å². The number of para-hydroxylation sites is 1. The smallest absolute Gasteiger partial charge is 0.315 e. The minimum Gasteiger partial charge on any atom is -0.481 e. The number of urea groups is 2. The number of H-pyrrole nitrogens is 1. The molecule has 446 valence electrons. The number of fused-ring (bicyclic) bond motifs is 2. The number of thioether (sulfide) groups is 1. The number of piperidine rings is 1. The van der Waals surface area contributed by atoms with Gasteiger partial charge in [0.15, 0.2) is 0 Å². The molecule has 3 fully saturated rings. The number of benzene rings is 1. The number of alkyl halides is 1. The normalized spacial score (nSPS) is 19.6. The number of nitrogens with one attached hydrogen (secondary N) is 11. The molecular formula is C52H77ClN14O13S. The molecule has 29 heteroatoms. The highest BCUT2D eigenvalue weighted by Crippen LogP contribution is 2.33. The standard InChI is InChI=1S/C52H77ClN14O13S/c1-28(45(73)59-29(2)46(74)62-33(44(54)72)14-7-9-21-56-40(68)18-6-5-17-39-43-37(27-81-39)65-52(80)66-43)60-47(75)34(15-11-22-57-51(55)79)63-48(76)36(24-30-26-58-32-13-4-3-12-31(30)32)64-49(77)38-16-8-10-23-67(38)50(78)35(19-20-42(70)71)61-41(69)25-53/h3-4,12-13,26,28-29,33-39,43,58H,5-11,14-25,27H2,1-2H3,(H2,54,72)(H,56,68)(H,59,73)(H,60,75)(H,61,69)(H,62,74)(H,63,76)(H,64,77)(H,70,71)(H3,55,57,79)(H2,65,66,80)/t28-,29-,33?,34-,35+,36-,37+,38-,39+,43+/m0/s1. The highest BCUT2D eigenvalue weighted by Gasteiger charge is 2.43. The van der Waals surface area contributed by atoms with Crippen molar-refractivity contribution in [3.8, 4) is 0 Å². The van der Waals surface area contributed by atoms with E-state index in [2.05, 4.69) is 58.2 Å². The quantitative estimate of drug-likeness (QED) is 0.0234. The topological polar surface area (TPSA) is 416 Å². The Hall–Kier alpha value is -7.36. The van der Waals surface area contributed by atoms with E-state index in [4.69, 9.17) is 23.1 Å². The van der Waals surface area contributed by atoms with Gasteiger partial charge in [0.1, 0.15) is 48.2 Å². The highest BCUT2D eigenvalue weighted by atomic mass is 35.5. The predicted octanol–water partition coefficient (Wildman–Crippen LogP) is -0.910. The van der Waals surface area contributed by atoms with Crippen molar-refractivity contribution in [2.45, 2.75) is 170 Å². The summed E-state index contributed by atoms with van der Waals surface area (Å²) in [5.74, 6) is -7.19. The van der Waals surface area contributed by atoms with E-state index in [1.54, 1.807) is 24.4 Å². The molecule has 2 aromatic rings. The van der Waals surface area contributed by atoms with E-state index in [-0.39, 0.29) is 75.6 Å². The second-order valence-corrected chi connectivity index (χ2v) is 22.0. The average molecular weight is 1170 g/mol. The minimum atomic E-state index is -1.39. The Kier molecular flexibility index (Phi) is 25.6. The van der Waals surface area contributed by atoms with E-state index in [0.29, 0.717) is 55.9 Å². The first kappa shape index (κ1) is 64.5. The van der Waals surface area contributed by atoms with E-state index < -0.39 is 114 Å². The van der Waals surface area contributed by atoms with Gasteiger partial charge in [0, 0.05) is 67.0 Å². The van der Waals surface area contributed by atoms with Crippen LogP contribution in [0.25, 0.3) is 10.9 Å². The molecule has 0 spiro atoms. The molecule has 1 aromatic carbocycles. The SMILES string of the molecule is C[C@H](NC(=O)[C@H](C)NC(=O)[C@H](CCCNC(N)=O)NC(=O)[C@H](Cc1c[nH]c2ccccc12)NC(=O)[C@@H]1CCCCN1C(=O)[C@@H](CCC(=O)O)NC(=O)CCl)C(=O)NC(CCCCNC(=O)CCCC[C@H]1SC[C@H]2NC(=O)N[C@H]21)C(N)=O. The van der Waals surface area contributed by atoms with Crippen LogP contribution in [0.4, 0.5) is 9.59 Å². The van der Waals surface area contributed by atoms with Crippen LogP contribution >= 0.6 is 23.4 Å². The minimum absolute atomic E-state index is 0.00947. The van der Waals surface area contributed by atoms with Gasteiger partial charge in [-0.2, -0.15) is 11.8 Å². The van der Waals surface area contributed by atoms with Gasteiger partial charge in [0.05, 0.1) is 12.1 Å². The van der Waals surface area contributed by atoms with Gasteiger partial charge in [0.25, 0.3) is 0 Å². The van der Waals surface area contributed by atoms with E-state index in [9.17, 15) is 62.6 Å². The van der Waals surface area contributed by atoms with Crippen LogP contribution in [0, 0.1) is 0 Å². The zero-order valence-electron chi connectivity index (χ0n) is 45.5. The summed E-state index contributed by atoms with van der Waals surface area (Å²) in [6.07, 6.45) is 5.76. The molecule has 1 aromatic heterocycles. The third kappa shape index (κ3) is 20.3. The summed E-state index contributed by atoms with van der Waals surface area (Å²) in [7, 11) is 0. The number of nitrogens with two attached hydrogens (primary N) is 2. The van der Waals surface area contributed by atoms with Gasteiger partial charge >= 0.3 is 18.0 Å². The largest absolute Gasteiger partial charge is 0.481 e. The summed E-state index contributed by atoms with van der Waals surface area (Å²) in [4.78, 5) is 160. The van der Waals surface area contributed by atoms with Gasteiger partial charge in [0.2, 0.25) is 53.2 Å². The third-order valence-corrected chi connectivity index (χ3v) is 16.1. The number of aliphatic carboxylic acids is 1. The molecule has 0 radical (unpaired) electrons. The van der Waals surface area contributed by atoms with Crippen LogP contribution in [0.3, 0.4) is 0 Å². The second kappa shape index (κ2) is 32.2. The highest BCUT2D eigenvalue weighted by molar-refractivity contribution is 8.00. The molecule has 10 atom stereocenters. The summed E-state index contributed by atoms with van der Waals surface area (Å²) in [6.45, 7) is 3.11.